The van der Waals surface area contributed by atoms with E-state index < -0.39 is 243 Å². The Morgan fingerprint density at radius 3 is 0.945 bits per heavy atom. The van der Waals surface area contributed by atoms with Gasteiger partial charge in [0.25, 0.3) is 0 Å². The summed E-state index contributed by atoms with van der Waals surface area (Å²) in [5, 5.41) is 202. The van der Waals surface area contributed by atoms with E-state index in [1.54, 1.807) is 0 Å². The highest BCUT2D eigenvalue weighted by Gasteiger charge is 2.56. The predicted octanol–water partition coefficient (Wildman–Crippen LogP) is -13.7. The molecule has 7 aliphatic rings. The van der Waals surface area contributed by atoms with Crippen LogP contribution in [0.3, 0.4) is 0 Å². The van der Waals surface area contributed by atoms with Gasteiger partial charge in [-0.25, -0.2) is 0 Å². The molecule has 0 aromatic carbocycles. The lowest BCUT2D eigenvalue weighted by Crippen LogP contribution is -2.68. The number of rotatable bonds is 17. The number of methoxy groups -OCH3 is 1. The van der Waals surface area contributed by atoms with E-state index in [-0.39, 0.29) is 0 Å². The number of hydrogen-bond acceptors (Lipinski definition) is 33. The Balaban J connectivity index is 1.13. The van der Waals surface area contributed by atoms with E-state index >= 15 is 0 Å². The van der Waals surface area contributed by atoms with Crippen LogP contribution in [0.15, 0.2) is 0 Å². The first-order valence-electron chi connectivity index (χ1n) is 23.2. The summed E-state index contributed by atoms with van der Waals surface area (Å²) in [5.74, 6) is 0. The Kier molecular flexibility index (Phi) is 20.8. The second-order valence-electron chi connectivity index (χ2n) is 18.6. The molecule has 426 valence electrons. The maximum Gasteiger partial charge on any atom is 0.187 e. The van der Waals surface area contributed by atoms with Crippen LogP contribution in [-0.2, 0) is 66.3 Å². The number of aliphatic hydroxyl groups is 19. The van der Waals surface area contributed by atoms with Gasteiger partial charge in [-0.15, -0.1) is 0 Å². The fourth-order valence-electron chi connectivity index (χ4n) is 9.13. The molecule has 73 heavy (non-hydrogen) atoms. The predicted molar refractivity (Wildman–Crippen MR) is 219 cm³/mol. The largest absolute Gasteiger partial charge is 0.394 e. The number of hydrogen-bond donors (Lipinski definition) is 19. The summed E-state index contributed by atoms with van der Waals surface area (Å²) >= 11 is 0. The maximum absolute atomic E-state index is 11.8. The van der Waals surface area contributed by atoms with E-state index in [1.807, 2.05) is 0 Å². The fourth-order valence-corrected chi connectivity index (χ4v) is 9.13. The van der Waals surface area contributed by atoms with Gasteiger partial charge in [-0.1, -0.05) is 0 Å². The third kappa shape index (κ3) is 12.9. The average molecular weight is 1080 g/mol. The topological polar surface area (TPSA) is 514 Å². The standard InChI is InChI=1S/C40H68O33/c1-60-30-12(2-41)68-38(27(56)20(30)49)72-32-14(7-65-36-25(54)17(46)10(43)4-62-36)70-40(29(58)21(32)50)73-33-15(8-66-37-26(55)18(47)11(44)5-63-37)69-39(28(57)22(33)51)71-31-13(67-34(59)23(52)19(31)48)6-64-35-24(53)16(45)9(42)3-61-35/h9-59H,2-8H2,1H3/t9-,10-,11?,12?,13?,14?,15?,16+,17+,18?,19-,20?,21-,22?,23?,24?,25?,26?,27?,28?,29?,30?,31?,32?,33?,34?,35?,36?,37?,38?,39?,40?/m1/s1. The van der Waals surface area contributed by atoms with Crippen LogP contribution in [0.5, 0.6) is 0 Å². The first-order valence-corrected chi connectivity index (χ1v) is 23.2. The van der Waals surface area contributed by atoms with Crippen molar-refractivity contribution in [2.75, 3.05) is 53.4 Å². The Morgan fingerprint density at radius 1 is 0.329 bits per heavy atom. The molecule has 0 aromatic rings. The van der Waals surface area contributed by atoms with Crippen LogP contribution in [0, 0.1) is 0 Å². The quantitative estimate of drug-likeness (QED) is 0.0643. The third-order valence-corrected chi connectivity index (χ3v) is 13.5. The first-order chi connectivity index (χ1) is 34.6. The van der Waals surface area contributed by atoms with E-state index in [0.29, 0.717) is 0 Å². The van der Waals surface area contributed by atoms with Crippen LogP contribution >= 0.6 is 0 Å². The summed E-state index contributed by atoms with van der Waals surface area (Å²) in [7, 11) is 1.16. The van der Waals surface area contributed by atoms with Gasteiger partial charge in [0, 0.05) is 7.11 Å². The van der Waals surface area contributed by atoms with Gasteiger partial charge in [-0.05, 0) is 0 Å². The lowest BCUT2D eigenvalue weighted by atomic mass is 9.95. The Morgan fingerprint density at radius 2 is 0.616 bits per heavy atom. The molecule has 33 heteroatoms. The van der Waals surface area contributed by atoms with E-state index in [4.69, 9.17) is 66.3 Å². The normalized spacial score (nSPS) is 53.3. The van der Waals surface area contributed by atoms with Gasteiger partial charge in [0.15, 0.2) is 44.0 Å². The van der Waals surface area contributed by atoms with E-state index in [2.05, 4.69) is 0 Å². The highest BCUT2D eigenvalue weighted by Crippen LogP contribution is 2.36. The molecule has 7 aliphatic heterocycles. The molecule has 26 unspecified atom stereocenters. The van der Waals surface area contributed by atoms with Crippen molar-refractivity contribution in [1.29, 1.82) is 0 Å². The summed E-state index contributed by atoms with van der Waals surface area (Å²) in [5.41, 5.74) is 0. The second kappa shape index (κ2) is 25.6. The van der Waals surface area contributed by atoms with Gasteiger partial charge in [0.05, 0.1) is 46.2 Å². The zero-order chi connectivity index (χ0) is 53.3. The summed E-state index contributed by atoms with van der Waals surface area (Å²) in [6, 6.07) is 0. The van der Waals surface area contributed by atoms with Gasteiger partial charge < -0.3 is 163 Å². The van der Waals surface area contributed by atoms with Crippen molar-refractivity contribution in [3.63, 3.8) is 0 Å². The molecule has 7 saturated heterocycles. The molecule has 0 spiro atoms. The van der Waals surface area contributed by atoms with Crippen molar-refractivity contribution < 1.29 is 163 Å². The molecular weight excluding hydrogens is 1010 g/mol. The summed E-state index contributed by atoms with van der Waals surface area (Å²) in [4.78, 5) is 0. The van der Waals surface area contributed by atoms with Gasteiger partial charge in [-0.3, -0.25) is 0 Å². The van der Waals surface area contributed by atoms with Crippen LogP contribution in [0.1, 0.15) is 0 Å². The molecule has 19 N–H and O–H groups in total. The lowest BCUT2D eigenvalue weighted by molar-refractivity contribution is -0.394. The fraction of sp³-hybridized carbons (Fsp3) is 1.00. The van der Waals surface area contributed by atoms with Gasteiger partial charge in [0.2, 0.25) is 0 Å². The van der Waals surface area contributed by atoms with Crippen molar-refractivity contribution in [1.82, 2.24) is 0 Å². The van der Waals surface area contributed by atoms with Crippen molar-refractivity contribution in [3.05, 3.63) is 0 Å². The molecule has 0 bridgehead atoms. The molecule has 0 aromatic heterocycles. The molecular formula is C40H68O33. The Bertz CT molecular complexity index is 1680. The second-order valence-corrected chi connectivity index (χ2v) is 18.6. The van der Waals surface area contributed by atoms with Crippen molar-refractivity contribution >= 4 is 0 Å². The Hall–Kier alpha value is -1.32. The highest BCUT2D eigenvalue weighted by molar-refractivity contribution is 4.99. The lowest BCUT2D eigenvalue weighted by Gasteiger charge is -2.49. The average Bonchev–Trinajstić information content (AvgIpc) is 3.37. The van der Waals surface area contributed by atoms with E-state index in [1.165, 1.54) is 0 Å². The van der Waals surface area contributed by atoms with E-state index in [0.717, 1.165) is 7.11 Å². The molecule has 0 aliphatic carbocycles. The number of ether oxygens (including phenoxy) is 14. The molecule has 0 radical (unpaired) electrons. The minimum Gasteiger partial charge on any atom is -0.394 e. The van der Waals surface area contributed by atoms with Crippen molar-refractivity contribution in [3.8, 4) is 0 Å². The Labute approximate surface area is 413 Å². The summed E-state index contributed by atoms with van der Waals surface area (Å²) in [6.07, 6.45) is -59.0. The number of aliphatic hydroxyl groups excluding tert-OH is 19. The zero-order valence-electron chi connectivity index (χ0n) is 38.6. The van der Waals surface area contributed by atoms with Crippen molar-refractivity contribution in [2.45, 2.75) is 197 Å². The van der Waals surface area contributed by atoms with Crippen LogP contribution in [0.4, 0.5) is 0 Å². The molecule has 33 nitrogen and oxygen atoms in total. The molecule has 0 saturated carbocycles. The van der Waals surface area contributed by atoms with Gasteiger partial charge >= 0.3 is 0 Å². The van der Waals surface area contributed by atoms with Crippen LogP contribution in [-0.4, -0.2) is 347 Å². The monoisotopic (exact) mass is 1080 g/mol. The summed E-state index contributed by atoms with van der Waals surface area (Å²) in [6.45, 7) is -4.77. The van der Waals surface area contributed by atoms with Gasteiger partial charge in [0.1, 0.15) is 153 Å². The highest BCUT2D eigenvalue weighted by atomic mass is 16.8. The minimum atomic E-state index is -2.27. The minimum absolute atomic E-state index is 0.486. The SMILES string of the molecule is COC1C(CO)OC(OC2C(COC3OC[C@@H](O)[C@H](O)C3O)OC(OC3C(COC4OCC(O)C(O)C4O)OC(OC4C(COC5OC[C@@H](O)[C@H](O)C5O)OC(O)C(O)[C@H]4O)C(O)C3O)C(O)[C@H]2O)C(O)C1O. The van der Waals surface area contributed by atoms with Gasteiger partial charge in [-0.2, -0.15) is 0 Å². The molecule has 0 amide bonds. The smallest absolute Gasteiger partial charge is 0.187 e. The zero-order valence-corrected chi connectivity index (χ0v) is 38.6. The molecule has 32 atom stereocenters. The summed E-state index contributed by atoms with van der Waals surface area (Å²) < 4.78 is 78.5. The van der Waals surface area contributed by atoms with Crippen molar-refractivity contribution in [2.24, 2.45) is 0 Å². The van der Waals surface area contributed by atoms with Crippen LogP contribution in [0.2, 0.25) is 0 Å². The first kappa shape index (κ1) is 59.3. The molecule has 7 heterocycles. The maximum atomic E-state index is 11.8. The molecule has 7 rings (SSSR count). The van der Waals surface area contributed by atoms with E-state index in [9.17, 15) is 97.0 Å². The van der Waals surface area contributed by atoms with Crippen LogP contribution in [0.25, 0.3) is 0 Å². The third-order valence-electron chi connectivity index (χ3n) is 13.5. The molecule has 7 fully saturated rings. The van der Waals surface area contributed by atoms with Crippen LogP contribution < -0.4 is 0 Å².